The highest BCUT2D eigenvalue weighted by Gasteiger charge is 2.48. The van der Waals surface area contributed by atoms with E-state index < -0.39 is 23.8 Å². The average Bonchev–Trinajstić information content (AvgIpc) is 3.08. The molecule has 2 aliphatic rings. The van der Waals surface area contributed by atoms with Crippen LogP contribution >= 0.6 is 11.6 Å². The second-order valence-electron chi connectivity index (χ2n) is 5.88. The van der Waals surface area contributed by atoms with Crippen molar-refractivity contribution >= 4 is 23.6 Å². The van der Waals surface area contributed by atoms with Crippen LogP contribution in [-0.2, 0) is 4.79 Å². The molecule has 0 aliphatic carbocycles. The Hall–Kier alpha value is -3.07. The van der Waals surface area contributed by atoms with Gasteiger partial charge in [-0.15, -0.1) is 0 Å². The molecule has 1 atom stereocenters. The van der Waals surface area contributed by atoms with Crippen molar-refractivity contribution in [2.24, 2.45) is 0 Å². The molecule has 6 nitrogen and oxygen atoms in total. The van der Waals surface area contributed by atoms with Gasteiger partial charge in [-0.05, 0) is 24.3 Å². The number of hydrogen-bond donors (Lipinski definition) is 1. The van der Waals surface area contributed by atoms with E-state index in [1.165, 1.54) is 12.1 Å². The Morgan fingerprint density at radius 1 is 1.14 bits per heavy atom. The summed E-state index contributed by atoms with van der Waals surface area (Å²) in [6.45, 7) is 0.0727. The lowest BCUT2D eigenvalue weighted by Crippen LogP contribution is -2.40. The molecule has 28 heavy (non-hydrogen) atoms. The molecule has 2 heterocycles. The van der Waals surface area contributed by atoms with E-state index in [0.29, 0.717) is 17.2 Å². The second-order valence-corrected chi connectivity index (χ2v) is 6.29. The van der Waals surface area contributed by atoms with Crippen LogP contribution < -0.4 is 18.9 Å². The Morgan fingerprint density at radius 2 is 1.89 bits per heavy atom. The highest BCUT2D eigenvalue weighted by atomic mass is 35.5. The third-order valence-corrected chi connectivity index (χ3v) is 4.31. The van der Waals surface area contributed by atoms with Crippen LogP contribution in [0.25, 0.3) is 6.08 Å². The minimum atomic E-state index is -4.90. The number of carboxylic acid groups (broad SMARTS) is 1. The molecule has 0 amide bonds. The number of aliphatic carboxylic acids is 1. The summed E-state index contributed by atoms with van der Waals surface area (Å²) in [6, 6.07) is 7.18. The Kier molecular flexibility index (Phi) is 4.26. The molecule has 0 unspecified atom stereocenters. The molecule has 0 saturated heterocycles. The van der Waals surface area contributed by atoms with E-state index in [-0.39, 0.29) is 28.9 Å². The number of carboxylic acids is 1. The lowest BCUT2D eigenvalue weighted by Gasteiger charge is -2.27. The minimum Gasteiger partial charge on any atom is -0.478 e. The first-order valence-corrected chi connectivity index (χ1v) is 8.19. The summed E-state index contributed by atoms with van der Waals surface area (Å²) in [7, 11) is 0. The fraction of sp³-hybridized carbons (Fsp3) is 0.167. The largest absolute Gasteiger partial charge is 0.478 e. The van der Waals surface area contributed by atoms with Gasteiger partial charge in [-0.3, -0.25) is 0 Å². The predicted molar refractivity (Wildman–Crippen MR) is 90.2 cm³/mol. The van der Waals surface area contributed by atoms with Crippen molar-refractivity contribution in [3.8, 4) is 28.7 Å². The van der Waals surface area contributed by atoms with Gasteiger partial charge in [0.05, 0.1) is 10.6 Å². The third kappa shape index (κ3) is 3.29. The molecular formula is C18H10ClF3O6. The number of rotatable bonds is 3. The Balaban J connectivity index is 1.69. The van der Waals surface area contributed by atoms with Crippen molar-refractivity contribution in [1.29, 1.82) is 0 Å². The number of carbonyl (C=O) groups is 1. The van der Waals surface area contributed by atoms with Crippen molar-refractivity contribution in [3.05, 3.63) is 46.5 Å². The van der Waals surface area contributed by atoms with Crippen LogP contribution in [0.1, 0.15) is 5.56 Å². The molecule has 10 heteroatoms. The molecule has 1 N–H and O–H groups in total. The van der Waals surface area contributed by atoms with Gasteiger partial charge in [0.1, 0.15) is 17.2 Å². The summed E-state index contributed by atoms with van der Waals surface area (Å²) in [5.74, 6) is -0.596. The van der Waals surface area contributed by atoms with Crippen molar-refractivity contribution in [2.75, 3.05) is 6.79 Å². The first-order valence-electron chi connectivity index (χ1n) is 7.81. The summed E-state index contributed by atoms with van der Waals surface area (Å²) < 4.78 is 60.5. The second kappa shape index (κ2) is 6.52. The molecule has 2 aromatic rings. The van der Waals surface area contributed by atoms with Crippen molar-refractivity contribution < 1.29 is 42.0 Å². The maximum atomic E-state index is 13.2. The number of ether oxygens (including phenoxy) is 4. The van der Waals surface area contributed by atoms with Gasteiger partial charge in [0.25, 0.3) is 0 Å². The first-order chi connectivity index (χ1) is 13.2. The highest BCUT2D eigenvalue weighted by molar-refractivity contribution is 6.32. The van der Waals surface area contributed by atoms with Gasteiger partial charge in [-0.25, -0.2) is 4.79 Å². The van der Waals surface area contributed by atoms with Crippen molar-refractivity contribution in [1.82, 2.24) is 0 Å². The Morgan fingerprint density at radius 3 is 2.61 bits per heavy atom. The van der Waals surface area contributed by atoms with Gasteiger partial charge in [0.2, 0.25) is 12.9 Å². The Labute approximate surface area is 160 Å². The molecule has 2 aromatic carbocycles. The van der Waals surface area contributed by atoms with E-state index in [9.17, 15) is 18.0 Å². The maximum Gasteiger partial charge on any atom is 0.430 e. The van der Waals surface area contributed by atoms with E-state index >= 15 is 0 Å². The molecule has 2 aliphatic heterocycles. The fourth-order valence-corrected chi connectivity index (χ4v) is 2.97. The van der Waals surface area contributed by atoms with Crippen LogP contribution in [0.3, 0.4) is 0 Å². The van der Waals surface area contributed by atoms with Crippen molar-refractivity contribution in [3.63, 3.8) is 0 Å². The molecule has 0 saturated carbocycles. The Bertz CT molecular complexity index is 1000. The van der Waals surface area contributed by atoms with Gasteiger partial charge in [-0.2, -0.15) is 13.2 Å². The zero-order valence-electron chi connectivity index (χ0n) is 13.7. The fourth-order valence-electron chi connectivity index (χ4n) is 2.76. The van der Waals surface area contributed by atoms with Gasteiger partial charge in [0, 0.05) is 17.7 Å². The number of benzene rings is 2. The smallest absolute Gasteiger partial charge is 0.430 e. The van der Waals surface area contributed by atoms with Gasteiger partial charge in [0.15, 0.2) is 11.5 Å². The lowest BCUT2D eigenvalue weighted by atomic mass is 10.0. The van der Waals surface area contributed by atoms with E-state index in [4.69, 9.17) is 35.7 Å². The standard InChI is InChI=1S/C18H10ClF3O6/c19-11-4-8-3-10(17(23)24)16(18(20,21)22)28-13(8)6-14(11)27-9-1-2-12-15(5-9)26-7-25-12/h1-6,16H,7H2,(H,23,24)/t16-/m0/s1. The summed E-state index contributed by atoms with van der Waals surface area (Å²) in [5, 5.41) is 9.13. The summed E-state index contributed by atoms with van der Waals surface area (Å²) >= 11 is 6.15. The molecule has 0 bridgehead atoms. The van der Waals surface area contributed by atoms with Crippen LogP contribution in [0.4, 0.5) is 13.2 Å². The van der Waals surface area contributed by atoms with Crippen LogP contribution in [0.15, 0.2) is 35.9 Å². The van der Waals surface area contributed by atoms with Crippen LogP contribution in [0.5, 0.6) is 28.7 Å². The predicted octanol–water partition coefficient (Wildman–Crippen LogP) is 4.65. The number of halogens is 4. The van der Waals surface area contributed by atoms with Crippen molar-refractivity contribution in [2.45, 2.75) is 12.3 Å². The van der Waals surface area contributed by atoms with E-state index in [0.717, 1.165) is 6.08 Å². The van der Waals surface area contributed by atoms with E-state index in [1.807, 2.05) is 0 Å². The SMILES string of the molecule is O=C(O)C1=Cc2cc(Cl)c(Oc3ccc4c(c3)OCO4)cc2O[C@@H]1C(F)(F)F. The zero-order chi connectivity index (χ0) is 20.1. The quantitative estimate of drug-likeness (QED) is 0.788. The molecule has 0 radical (unpaired) electrons. The number of fused-ring (bicyclic) bond motifs is 2. The topological polar surface area (TPSA) is 74.2 Å². The first kappa shape index (κ1) is 18.3. The molecule has 4 rings (SSSR count). The number of alkyl halides is 3. The van der Waals surface area contributed by atoms with Gasteiger partial charge in [-0.1, -0.05) is 11.6 Å². The van der Waals surface area contributed by atoms with E-state index in [2.05, 4.69) is 0 Å². The zero-order valence-corrected chi connectivity index (χ0v) is 14.5. The lowest BCUT2D eigenvalue weighted by molar-refractivity contribution is -0.187. The third-order valence-electron chi connectivity index (χ3n) is 4.02. The molecular weight excluding hydrogens is 405 g/mol. The maximum absolute atomic E-state index is 13.2. The summed E-state index contributed by atoms with van der Waals surface area (Å²) in [6.07, 6.45) is -6.62. The highest BCUT2D eigenvalue weighted by Crippen LogP contribution is 2.43. The van der Waals surface area contributed by atoms with Crippen LogP contribution in [0.2, 0.25) is 5.02 Å². The van der Waals surface area contributed by atoms with Gasteiger partial charge < -0.3 is 24.1 Å². The average molecular weight is 415 g/mol. The number of hydrogen-bond acceptors (Lipinski definition) is 5. The monoisotopic (exact) mass is 414 g/mol. The summed E-state index contributed by atoms with van der Waals surface area (Å²) in [5.41, 5.74) is -0.832. The van der Waals surface area contributed by atoms with Crippen LogP contribution in [-0.4, -0.2) is 30.1 Å². The van der Waals surface area contributed by atoms with E-state index in [1.54, 1.807) is 18.2 Å². The molecule has 0 spiro atoms. The van der Waals surface area contributed by atoms with Crippen LogP contribution in [0, 0.1) is 0 Å². The summed E-state index contributed by atoms with van der Waals surface area (Å²) in [4.78, 5) is 11.2. The molecule has 0 fully saturated rings. The minimum absolute atomic E-state index is 0.0346. The molecule has 146 valence electrons. The van der Waals surface area contributed by atoms with Gasteiger partial charge >= 0.3 is 12.1 Å². The normalized spacial score (nSPS) is 17.4. The molecule has 0 aromatic heterocycles.